The second-order valence-corrected chi connectivity index (χ2v) is 3.50. The number of likely N-dealkylation sites (N-methyl/N-ethyl adjacent to an activating group) is 1. The molecule has 1 aliphatic rings. The molecule has 74 valence electrons. The number of carbonyl (C=O) groups is 2. The Balaban J connectivity index is 2.56. The highest BCUT2D eigenvalue weighted by atomic mass is 16.2. The van der Waals surface area contributed by atoms with Crippen LogP contribution >= 0.6 is 0 Å². The van der Waals surface area contributed by atoms with Gasteiger partial charge >= 0.3 is 0 Å². The van der Waals surface area contributed by atoms with E-state index in [4.69, 9.17) is 5.73 Å². The SMILES string of the molecule is CC(N)CN1CC(=O)N(C)CC1=O. The first kappa shape index (κ1) is 9.98. The summed E-state index contributed by atoms with van der Waals surface area (Å²) in [4.78, 5) is 25.5. The van der Waals surface area contributed by atoms with Gasteiger partial charge in [-0.2, -0.15) is 0 Å². The zero-order valence-electron chi connectivity index (χ0n) is 7.99. The van der Waals surface area contributed by atoms with Gasteiger partial charge in [0.05, 0.1) is 13.1 Å². The van der Waals surface area contributed by atoms with Crippen molar-refractivity contribution >= 4 is 11.8 Å². The fourth-order valence-electron chi connectivity index (χ4n) is 1.28. The molecular formula is C8H15N3O2. The predicted molar refractivity (Wildman–Crippen MR) is 47.9 cm³/mol. The Morgan fingerprint density at radius 3 is 2.54 bits per heavy atom. The molecule has 1 atom stereocenters. The van der Waals surface area contributed by atoms with E-state index in [-0.39, 0.29) is 30.9 Å². The first-order chi connectivity index (χ1) is 6.00. The van der Waals surface area contributed by atoms with Gasteiger partial charge in [-0.15, -0.1) is 0 Å². The van der Waals surface area contributed by atoms with Crippen molar-refractivity contribution in [2.45, 2.75) is 13.0 Å². The summed E-state index contributed by atoms with van der Waals surface area (Å²) in [7, 11) is 1.63. The van der Waals surface area contributed by atoms with Gasteiger partial charge < -0.3 is 15.5 Å². The molecule has 0 spiro atoms. The van der Waals surface area contributed by atoms with Crippen LogP contribution in [0.15, 0.2) is 0 Å². The number of hydrogen-bond donors (Lipinski definition) is 1. The van der Waals surface area contributed by atoms with Crippen molar-refractivity contribution in [1.82, 2.24) is 9.80 Å². The maximum Gasteiger partial charge on any atom is 0.242 e. The highest BCUT2D eigenvalue weighted by Gasteiger charge is 2.27. The molecule has 1 heterocycles. The highest BCUT2D eigenvalue weighted by molar-refractivity contribution is 5.92. The molecule has 13 heavy (non-hydrogen) atoms. The molecule has 2 N–H and O–H groups in total. The monoisotopic (exact) mass is 185 g/mol. The number of hydrogen-bond acceptors (Lipinski definition) is 3. The van der Waals surface area contributed by atoms with E-state index in [1.807, 2.05) is 6.92 Å². The standard InChI is InChI=1S/C8H15N3O2/c1-6(9)3-11-5-7(12)10(2)4-8(11)13/h6H,3-5,9H2,1-2H3. The van der Waals surface area contributed by atoms with Gasteiger partial charge in [0.1, 0.15) is 0 Å². The van der Waals surface area contributed by atoms with Gasteiger partial charge in [0, 0.05) is 19.6 Å². The molecule has 1 rings (SSSR count). The number of piperazine rings is 1. The second-order valence-electron chi connectivity index (χ2n) is 3.50. The number of nitrogens with two attached hydrogens (primary N) is 1. The lowest BCUT2D eigenvalue weighted by atomic mass is 10.2. The van der Waals surface area contributed by atoms with Crippen molar-refractivity contribution < 1.29 is 9.59 Å². The zero-order chi connectivity index (χ0) is 10.0. The molecule has 1 aliphatic heterocycles. The Morgan fingerprint density at radius 2 is 2.00 bits per heavy atom. The summed E-state index contributed by atoms with van der Waals surface area (Å²) in [6.45, 7) is 2.61. The van der Waals surface area contributed by atoms with Crippen molar-refractivity contribution in [3.05, 3.63) is 0 Å². The lowest BCUT2D eigenvalue weighted by molar-refractivity contribution is -0.148. The largest absolute Gasteiger partial charge is 0.335 e. The number of nitrogens with zero attached hydrogens (tertiary/aromatic N) is 2. The Hall–Kier alpha value is -1.10. The number of rotatable bonds is 2. The Kier molecular flexibility index (Phi) is 2.87. The first-order valence-corrected chi connectivity index (χ1v) is 4.28. The molecule has 5 nitrogen and oxygen atoms in total. The van der Waals surface area contributed by atoms with Crippen LogP contribution in [0.5, 0.6) is 0 Å². The average molecular weight is 185 g/mol. The lowest BCUT2D eigenvalue weighted by Crippen LogP contribution is -2.54. The van der Waals surface area contributed by atoms with Crippen LogP contribution in [0.4, 0.5) is 0 Å². The van der Waals surface area contributed by atoms with Gasteiger partial charge in [-0.3, -0.25) is 9.59 Å². The van der Waals surface area contributed by atoms with Crippen LogP contribution in [0.1, 0.15) is 6.92 Å². The molecule has 0 aromatic carbocycles. The molecule has 0 radical (unpaired) electrons. The molecule has 2 amide bonds. The topological polar surface area (TPSA) is 66.6 Å². The molecule has 0 aromatic rings. The summed E-state index contributed by atoms with van der Waals surface area (Å²) in [5, 5.41) is 0. The molecule has 5 heteroatoms. The van der Waals surface area contributed by atoms with Gasteiger partial charge in [0.25, 0.3) is 0 Å². The van der Waals surface area contributed by atoms with E-state index < -0.39 is 0 Å². The van der Waals surface area contributed by atoms with Gasteiger partial charge in [-0.05, 0) is 6.92 Å². The molecule has 0 aromatic heterocycles. The summed E-state index contributed by atoms with van der Waals surface area (Å²) in [5.41, 5.74) is 5.55. The van der Waals surface area contributed by atoms with Crippen LogP contribution in [0.2, 0.25) is 0 Å². The fraction of sp³-hybridized carbons (Fsp3) is 0.750. The van der Waals surface area contributed by atoms with Crippen LogP contribution in [0.25, 0.3) is 0 Å². The van der Waals surface area contributed by atoms with E-state index in [1.165, 1.54) is 9.80 Å². The van der Waals surface area contributed by atoms with Crippen molar-refractivity contribution in [3.8, 4) is 0 Å². The van der Waals surface area contributed by atoms with Crippen LogP contribution < -0.4 is 5.73 Å². The Bertz CT molecular complexity index is 227. The molecule has 1 fully saturated rings. The number of carbonyl (C=O) groups excluding carboxylic acids is 2. The highest BCUT2D eigenvalue weighted by Crippen LogP contribution is 2.02. The summed E-state index contributed by atoms with van der Waals surface area (Å²) in [6.07, 6.45) is 0. The van der Waals surface area contributed by atoms with Crippen molar-refractivity contribution in [2.75, 3.05) is 26.7 Å². The van der Waals surface area contributed by atoms with E-state index in [0.717, 1.165) is 0 Å². The van der Waals surface area contributed by atoms with E-state index in [0.29, 0.717) is 6.54 Å². The summed E-state index contributed by atoms with van der Waals surface area (Å²) in [6, 6.07) is -0.0832. The smallest absolute Gasteiger partial charge is 0.242 e. The minimum atomic E-state index is -0.0832. The molecule has 0 bridgehead atoms. The van der Waals surface area contributed by atoms with Gasteiger partial charge in [0.15, 0.2) is 0 Å². The average Bonchev–Trinajstić information content (AvgIpc) is 1.99. The summed E-state index contributed by atoms with van der Waals surface area (Å²) >= 11 is 0. The maximum atomic E-state index is 11.4. The lowest BCUT2D eigenvalue weighted by Gasteiger charge is -2.32. The third-order valence-corrected chi connectivity index (χ3v) is 1.99. The molecule has 0 aliphatic carbocycles. The van der Waals surface area contributed by atoms with Crippen LogP contribution in [0, 0.1) is 0 Å². The van der Waals surface area contributed by atoms with Crippen LogP contribution in [-0.2, 0) is 9.59 Å². The van der Waals surface area contributed by atoms with Gasteiger partial charge in [-0.1, -0.05) is 0 Å². The first-order valence-electron chi connectivity index (χ1n) is 4.28. The zero-order valence-corrected chi connectivity index (χ0v) is 7.99. The van der Waals surface area contributed by atoms with E-state index in [1.54, 1.807) is 7.05 Å². The predicted octanol–water partition coefficient (Wildman–Crippen LogP) is -1.37. The summed E-state index contributed by atoms with van der Waals surface area (Å²) < 4.78 is 0. The molecule has 0 saturated carbocycles. The van der Waals surface area contributed by atoms with E-state index >= 15 is 0 Å². The quantitative estimate of drug-likeness (QED) is 0.577. The van der Waals surface area contributed by atoms with Crippen LogP contribution in [-0.4, -0.2) is 54.3 Å². The third kappa shape index (κ3) is 2.42. The molecule has 1 saturated heterocycles. The third-order valence-electron chi connectivity index (χ3n) is 1.99. The summed E-state index contributed by atoms with van der Waals surface area (Å²) in [5.74, 6) is -0.0559. The molecular weight excluding hydrogens is 170 g/mol. The maximum absolute atomic E-state index is 11.4. The van der Waals surface area contributed by atoms with E-state index in [2.05, 4.69) is 0 Å². The van der Waals surface area contributed by atoms with E-state index in [9.17, 15) is 9.59 Å². The molecule has 1 unspecified atom stereocenters. The van der Waals surface area contributed by atoms with Gasteiger partial charge in [0.2, 0.25) is 11.8 Å². The normalized spacial score (nSPS) is 20.8. The number of amides is 2. The van der Waals surface area contributed by atoms with Crippen LogP contribution in [0.3, 0.4) is 0 Å². The van der Waals surface area contributed by atoms with Crippen molar-refractivity contribution in [2.24, 2.45) is 5.73 Å². The fourth-order valence-corrected chi connectivity index (χ4v) is 1.28. The Labute approximate surface area is 77.5 Å². The van der Waals surface area contributed by atoms with Crippen molar-refractivity contribution in [3.63, 3.8) is 0 Å². The Morgan fingerprint density at radius 1 is 1.38 bits per heavy atom. The van der Waals surface area contributed by atoms with Crippen molar-refractivity contribution in [1.29, 1.82) is 0 Å². The van der Waals surface area contributed by atoms with Gasteiger partial charge in [-0.25, -0.2) is 0 Å². The second kappa shape index (κ2) is 3.74. The minimum absolute atomic E-state index is 0.0275. The minimum Gasteiger partial charge on any atom is -0.335 e.